The van der Waals surface area contributed by atoms with E-state index in [1.807, 2.05) is 43.9 Å². The summed E-state index contributed by atoms with van der Waals surface area (Å²) in [5, 5.41) is 18.9. The average molecular weight is 843 g/mol. The van der Waals surface area contributed by atoms with Gasteiger partial charge in [-0.2, -0.15) is 20.2 Å². The van der Waals surface area contributed by atoms with E-state index < -0.39 is 0 Å². The number of hydrogen-bond acceptors (Lipinski definition) is 10. The number of rotatable bonds is 7. The predicted octanol–water partition coefficient (Wildman–Crippen LogP) is 7.19. The van der Waals surface area contributed by atoms with E-state index in [-0.39, 0.29) is 23.9 Å². The number of piperidine rings is 2. The monoisotopic (exact) mass is 840 g/mol. The van der Waals surface area contributed by atoms with Gasteiger partial charge in [0.1, 0.15) is 11.3 Å². The van der Waals surface area contributed by atoms with Crippen LogP contribution < -0.4 is 10.6 Å². The molecule has 6 aromatic heterocycles. The van der Waals surface area contributed by atoms with Gasteiger partial charge in [-0.15, -0.1) is 0 Å². The van der Waals surface area contributed by atoms with Crippen LogP contribution in [0, 0.1) is 5.92 Å². The average Bonchev–Trinajstić information content (AvgIpc) is 3.71. The van der Waals surface area contributed by atoms with Crippen molar-refractivity contribution in [3.8, 4) is 0 Å². The van der Waals surface area contributed by atoms with Crippen molar-refractivity contribution in [2.24, 2.45) is 20.0 Å². The van der Waals surface area contributed by atoms with Crippen LogP contribution in [0.2, 0.25) is 20.4 Å². The lowest BCUT2D eigenvalue weighted by molar-refractivity contribution is -0.134. The molecule has 16 nitrogen and oxygen atoms in total. The maximum absolute atomic E-state index is 12.2. The Hall–Kier alpha value is -4.64. The Morgan fingerprint density at radius 1 is 0.696 bits per heavy atom. The fourth-order valence-electron chi connectivity index (χ4n) is 7.27. The number of carbonyl (C=O) groups excluding carboxylic acids is 2. The molecule has 2 amide bonds. The number of nitrogens with zero attached hydrogens (tertiary/aromatic N) is 12. The minimum atomic E-state index is 0.107. The zero-order valence-corrected chi connectivity index (χ0v) is 34.0. The first-order valence-corrected chi connectivity index (χ1v) is 20.0. The van der Waals surface area contributed by atoms with E-state index in [1.54, 1.807) is 42.6 Å². The van der Waals surface area contributed by atoms with Gasteiger partial charge in [-0.3, -0.25) is 14.3 Å². The third-order valence-electron chi connectivity index (χ3n) is 10.6. The minimum absolute atomic E-state index is 0.107. The van der Waals surface area contributed by atoms with Crippen molar-refractivity contribution >= 4 is 104 Å². The normalized spacial score (nSPS) is 16.7. The topological polar surface area (TPSA) is 162 Å². The Labute approximate surface area is 342 Å². The molecular formula is C36H40Cl4N14O2. The molecule has 2 saturated heterocycles. The zero-order valence-electron chi connectivity index (χ0n) is 31.0. The second kappa shape index (κ2) is 15.7. The molecule has 20 heteroatoms. The van der Waals surface area contributed by atoms with E-state index in [9.17, 15) is 9.59 Å². The first-order chi connectivity index (χ1) is 26.9. The Balaban J connectivity index is 0.000000158. The van der Waals surface area contributed by atoms with Gasteiger partial charge in [0.25, 0.3) is 0 Å². The molecule has 3 fully saturated rings. The number of aryl methyl sites for hydroxylation is 2. The summed E-state index contributed by atoms with van der Waals surface area (Å²) in [5.41, 5.74) is 2.77. The molecule has 9 rings (SSSR count). The predicted molar refractivity (Wildman–Crippen MR) is 216 cm³/mol. The maximum atomic E-state index is 12.2. The van der Waals surface area contributed by atoms with Crippen LogP contribution in [0.25, 0.3) is 22.1 Å². The highest BCUT2D eigenvalue weighted by Gasteiger charge is 2.35. The second-order valence-electron chi connectivity index (χ2n) is 14.5. The number of fused-ring (bicyclic) bond motifs is 2. The van der Waals surface area contributed by atoms with E-state index in [0.29, 0.717) is 62.6 Å². The van der Waals surface area contributed by atoms with Gasteiger partial charge in [0.05, 0.1) is 56.7 Å². The number of amides is 2. The molecule has 3 aliphatic rings. The Bertz CT molecular complexity index is 2420. The molecular weight excluding hydrogens is 802 g/mol. The molecule has 2 N–H and O–H groups in total. The van der Waals surface area contributed by atoms with Crippen LogP contribution in [-0.2, 0) is 23.7 Å². The summed E-state index contributed by atoms with van der Waals surface area (Å²) in [6, 6.07) is 0.389. The highest BCUT2D eigenvalue weighted by Crippen LogP contribution is 2.35. The number of nitrogens with one attached hydrogen (secondary N) is 2. The largest absolute Gasteiger partial charge is 0.343 e. The van der Waals surface area contributed by atoms with Crippen LogP contribution in [-0.4, -0.2) is 96.4 Å². The molecule has 0 spiro atoms. The number of hydrogen-bond donors (Lipinski definition) is 2. The van der Waals surface area contributed by atoms with Crippen LogP contribution >= 0.6 is 46.4 Å². The van der Waals surface area contributed by atoms with E-state index in [0.717, 1.165) is 73.7 Å². The van der Waals surface area contributed by atoms with Crippen molar-refractivity contribution in [1.82, 2.24) is 58.4 Å². The van der Waals surface area contributed by atoms with Gasteiger partial charge in [0, 0.05) is 77.9 Å². The van der Waals surface area contributed by atoms with Crippen molar-refractivity contribution in [1.29, 1.82) is 0 Å². The lowest BCUT2D eigenvalue weighted by Gasteiger charge is -2.32. The molecule has 6 aromatic rings. The molecule has 294 valence electrons. The van der Waals surface area contributed by atoms with Gasteiger partial charge in [-0.05, 0) is 38.5 Å². The third kappa shape index (κ3) is 7.84. The van der Waals surface area contributed by atoms with Gasteiger partial charge < -0.3 is 29.6 Å². The Morgan fingerprint density at radius 2 is 1.23 bits per heavy atom. The summed E-state index contributed by atoms with van der Waals surface area (Å²) in [6.07, 6.45) is 16.0. The van der Waals surface area contributed by atoms with Gasteiger partial charge in [-0.1, -0.05) is 46.4 Å². The lowest BCUT2D eigenvalue weighted by atomic mass is 10.0. The van der Waals surface area contributed by atoms with E-state index in [1.165, 1.54) is 0 Å². The number of carbonyl (C=O) groups is 2. The van der Waals surface area contributed by atoms with Crippen molar-refractivity contribution in [3.63, 3.8) is 0 Å². The van der Waals surface area contributed by atoms with Crippen molar-refractivity contribution in [3.05, 3.63) is 57.5 Å². The molecule has 8 heterocycles. The molecule has 0 atom stereocenters. The van der Waals surface area contributed by atoms with Crippen LogP contribution in [0.3, 0.4) is 0 Å². The summed E-state index contributed by atoms with van der Waals surface area (Å²) in [4.78, 5) is 45.2. The smallest absolute Gasteiger partial charge is 0.229 e. The van der Waals surface area contributed by atoms with Gasteiger partial charge >= 0.3 is 0 Å². The van der Waals surface area contributed by atoms with Crippen LogP contribution in [0.5, 0.6) is 0 Å². The molecule has 0 aromatic carbocycles. The number of anilines is 4. The Kier molecular flexibility index (Phi) is 10.7. The van der Waals surface area contributed by atoms with Gasteiger partial charge in [0.2, 0.25) is 23.7 Å². The van der Waals surface area contributed by atoms with E-state index in [4.69, 9.17) is 46.4 Å². The van der Waals surface area contributed by atoms with Crippen LogP contribution in [0.15, 0.2) is 37.2 Å². The molecule has 0 unspecified atom stereocenters. The summed E-state index contributed by atoms with van der Waals surface area (Å²) < 4.78 is 7.39. The second-order valence-corrected chi connectivity index (χ2v) is 16.0. The van der Waals surface area contributed by atoms with Crippen LogP contribution in [0.4, 0.5) is 23.3 Å². The summed E-state index contributed by atoms with van der Waals surface area (Å²) in [6.45, 7) is 4.57. The zero-order chi connectivity index (χ0) is 39.2. The summed E-state index contributed by atoms with van der Waals surface area (Å²) >= 11 is 25.2. The highest BCUT2D eigenvalue weighted by atomic mass is 35.5. The highest BCUT2D eigenvalue weighted by molar-refractivity contribution is 6.36. The fourth-order valence-corrected chi connectivity index (χ4v) is 8.29. The van der Waals surface area contributed by atoms with Crippen molar-refractivity contribution < 1.29 is 9.59 Å². The standard InChI is InChI=1S/C19H21Cl2N7O.C17H19Cl2N7O/c1-26-9-14(20)13-8-22-19(24-17(13)26)23-15-10-28(25-16(15)21)12-4-6-27(7-5-12)18(29)11-2-3-11;1-10(27)25-5-3-11(4-6-25)26-15(19)14(8-21-26)22-17-20-7-12-13(18)9-24(2)16(12)23-17/h8-12H,2-7H2,1H3,(H,22,23,24);7-9,11H,3-6H2,1-2H3,(H,20,22,23). The first-order valence-electron chi connectivity index (χ1n) is 18.4. The van der Waals surface area contributed by atoms with E-state index >= 15 is 0 Å². The number of halogens is 4. The van der Waals surface area contributed by atoms with Gasteiger partial charge in [0.15, 0.2) is 10.3 Å². The number of likely N-dealkylation sites (tertiary alicyclic amines) is 2. The molecule has 1 aliphatic carbocycles. The third-order valence-corrected chi connectivity index (χ3v) is 11.8. The summed E-state index contributed by atoms with van der Waals surface area (Å²) in [7, 11) is 3.76. The molecule has 1 saturated carbocycles. The molecule has 56 heavy (non-hydrogen) atoms. The first kappa shape index (κ1) is 38.2. The number of aromatic nitrogens is 10. The van der Waals surface area contributed by atoms with E-state index in [2.05, 4.69) is 40.8 Å². The summed E-state index contributed by atoms with van der Waals surface area (Å²) in [5.74, 6) is 1.56. The maximum Gasteiger partial charge on any atom is 0.229 e. The quantitative estimate of drug-likeness (QED) is 0.168. The SMILES string of the molecule is CC(=O)N1CCC(n2ncc(Nc3ncc4c(Cl)cn(C)c4n3)c2Cl)CC1.Cn1cc(Cl)c2cnc(Nc3cn(C4CCN(C(=O)C5CC5)CC4)nc3Cl)nc21. The molecule has 0 bridgehead atoms. The van der Waals surface area contributed by atoms with Gasteiger partial charge in [-0.25, -0.2) is 14.6 Å². The van der Waals surface area contributed by atoms with Crippen molar-refractivity contribution in [2.45, 2.75) is 57.5 Å². The fraction of sp³-hybridized carbons (Fsp3) is 0.444. The lowest BCUT2D eigenvalue weighted by Crippen LogP contribution is -2.39. The van der Waals surface area contributed by atoms with Crippen molar-refractivity contribution in [2.75, 3.05) is 36.8 Å². The molecule has 2 aliphatic heterocycles. The van der Waals surface area contributed by atoms with Crippen LogP contribution in [0.1, 0.15) is 57.5 Å². The molecule has 0 radical (unpaired) electrons. The minimum Gasteiger partial charge on any atom is -0.343 e. The Morgan fingerprint density at radius 3 is 1.79 bits per heavy atom.